The Morgan fingerprint density at radius 3 is 2.73 bits per heavy atom. The maximum Gasteiger partial charge on any atom is 0.0801 e. The molecule has 0 amide bonds. The molecule has 0 radical (unpaired) electrons. The summed E-state index contributed by atoms with van der Waals surface area (Å²) in [7, 11) is 0. The Morgan fingerprint density at radius 1 is 1.47 bits per heavy atom. The SMILES string of the molecule is CCc1cc(Cl)cc2c1C(C)(C)CC2O. The van der Waals surface area contributed by atoms with Gasteiger partial charge in [-0.25, -0.2) is 0 Å². The topological polar surface area (TPSA) is 20.2 Å². The van der Waals surface area contributed by atoms with Gasteiger partial charge in [0.25, 0.3) is 0 Å². The van der Waals surface area contributed by atoms with Gasteiger partial charge in [-0.15, -0.1) is 0 Å². The van der Waals surface area contributed by atoms with E-state index in [0.717, 1.165) is 23.4 Å². The van der Waals surface area contributed by atoms with E-state index < -0.39 is 0 Å². The molecule has 15 heavy (non-hydrogen) atoms. The van der Waals surface area contributed by atoms with Gasteiger partial charge in [0.2, 0.25) is 0 Å². The molecule has 0 saturated carbocycles. The van der Waals surface area contributed by atoms with E-state index in [9.17, 15) is 5.11 Å². The first-order valence-corrected chi connectivity index (χ1v) is 5.84. The van der Waals surface area contributed by atoms with Crippen LogP contribution in [0.5, 0.6) is 0 Å². The lowest BCUT2D eigenvalue weighted by molar-refractivity contribution is 0.161. The molecule has 2 heteroatoms. The lowest BCUT2D eigenvalue weighted by atomic mass is 9.83. The number of aryl methyl sites for hydroxylation is 1. The number of aliphatic hydroxyl groups excluding tert-OH is 1. The van der Waals surface area contributed by atoms with Crippen molar-refractivity contribution < 1.29 is 5.11 Å². The Bertz CT molecular complexity index is 396. The number of hydrogen-bond acceptors (Lipinski definition) is 1. The van der Waals surface area contributed by atoms with E-state index in [1.54, 1.807) is 0 Å². The van der Waals surface area contributed by atoms with Crippen molar-refractivity contribution in [2.24, 2.45) is 0 Å². The second kappa shape index (κ2) is 3.50. The minimum atomic E-state index is -0.348. The fourth-order valence-electron chi connectivity index (χ4n) is 2.75. The van der Waals surface area contributed by atoms with Gasteiger partial charge in [0.15, 0.2) is 0 Å². The highest BCUT2D eigenvalue weighted by Crippen LogP contribution is 2.47. The molecule has 1 aromatic carbocycles. The molecule has 82 valence electrons. The Kier molecular flexibility index (Phi) is 2.56. The molecular formula is C13H17ClO. The molecule has 0 spiro atoms. The summed E-state index contributed by atoms with van der Waals surface area (Å²) < 4.78 is 0. The van der Waals surface area contributed by atoms with Crippen molar-refractivity contribution in [1.82, 2.24) is 0 Å². The first kappa shape index (κ1) is 11.0. The average molecular weight is 225 g/mol. The number of rotatable bonds is 1. The molecule has 1 nitrogen and oxygen atoms in total. The Balaban J connectivity index is 2.68. The zero-order valence-corrected chi connectivity index (χ0v) is 10.2. The Labute approximate surface area is 96.1 Å². The van der Waals surface area contributed by atoms with Crippen LogP contribution in [0.25, 0.3) is 0 Å². The van der Waals surface area contributed by atoms with Crippen LogP contribution < -0.4 is 0 Å². The standard InChI is InChI=1S/C13H17ClO/c1-4-8-5-9(14)6-10-11(15)7-13(2,3)12(8)10/h5-6,11,15H,4,7H2,1-3H3. The minimum absolute atomic E-state index is 0.0741. The molecule has 0 heterocycles. The van der Waals surface area contributed by atoms with E-state index >= 15 is 0 Å². The lowest BCUT2D eigenvalue weighted by Crippen LogP contribution is -2.14. The number of aliphatic hydroxyl groups is 1. The number of fused-ring (bicyclic) bond motifs is 1. The van der Waals surface area contributed by atoms with Crippen molar-refractivity contribution in [2.45, 2.75) is 45.1 Å². The van der Waals surface area contributed by atoms with Gasteiger partial charge < -0.3 is 5.11 Å². The summed E-state index contributed by atoms with van der Waals surface area (Å²) in [5.74, 6) is 0. The van der Waals surface area contributed by atoms with Crippen LogP contribution in [0, 0.1) is 0 Å². The van der Waals surface area contributed by atoms with Gasteiger partial charge in [-0.2, -0.15) is 0 Å². The van der Waals surface area contributed by atoms with Crippen LogP contribution in [-0.4, -0.2) is 5.11 Å². The maximum absolute atomic E-state index is 10.0. The number of halogens is 1. The van der Waals surface area contributed by atoms with E-state index in [-0.39, 0.29) is 11.5 Å². The van der Waals surface area contributed by atoms with Gasteiger partial charge in [0.1, 0.15) is 0 Å². The van der Waals surface area contributed by atoms with Gasteiger partial charge in [-0.3, -0.25) is 0 Å². The van der Waals surface area contributed by atoms with Crippen LogP contribution in [0.15, 0.2) is 12.1 Å². The van der Waals surface area contributed by atoms with Crippen molar-refractivity contribution in [3.8, 4) is 0 Å². The van der Waals surface area contributed by atoms with Crippen LogP contribution >= 0.6 is 11.6 Å². The minimum Gasteiger partial charge on any atom is -0.388 e. The summed E-state index contributed by atoms with van der Waals surface area (Å²) in [6.07, 6.45) is 1.42. The highest BCUT2D eigenvalue weighted by molar-refractivity contribution is 6.30. The van der Waals surface area contributed by atoms with Gasteiger partial charge in [-0.05, 0) is 47.1 Å². The third-order valence-corrected chi connectivity index (χ3v) is 3.55. The fourth-order valence-corrected chi connectivity index (χ4v) is 3.00. The number of benzene rings is 1. The lowest BCUT2D eigenvalue weighted by Gasteiger charge is -2.22. The molecule has 0 aromatic heterocycles. The molecule has 1 aliphatic carbocycles. The zero-order valence-electron chi connectivity index (χ0n) is 9.47. The Morgan fingerprint density at radius 2 is 2.13 bits per heavy atom. The largest absolute Gasteiger partial charge is 0.388 e. The second-order valence-electron chi connectivity index (χ2n) is 4.99. The van der Waals surface area contributed by atoms with E-state index in [2.05, 4.69) is 20.8 Å². The molecule has 0 saturated heterocycles. The smallest absolute Gasteiger partial charge is 0.0801 e. The maximum atomic E-state index is 10.0. The monoisotopic (exact) mass is 224 g/mol. The van der Waals surface area contributed by atoms with Crippen LogP contribution in [0.2, 0.25) is 5.02 Å². The molecule has 0 bridgehead atoms. The highest BCUT2D eigenvalue weighted by atomic mass is 35.5. The molecular weight excluding hydrogens is 208 g/mol. The van der Waals surface area contributed by atoms with Gasteiger partial charge >= 0.3 is 0 Å². The molecule has 1 atom stereocenters. The Hall–Kier alpha value is -0.530. The quantitative estimate of drug-likeness (QED) is 0.773. The fraction of sp³-hybridized carbons (Fsp3) is 0.538. The van der Waals surface area contributed by atoms with E-state index in [1.807, 2.05) is 12.1 Å². The summed E-state index contributed by atoms with van der Waals surface area (Å²) in [4.78, 5) is 0. The van der Waals surface area contributed by atoms with Crippen molar-refractivity contribution in [3.63, 3.8) is 0 Å². The average Bonchev–Trinajstić information content (AvgIpc) is 2.36. The van der Waals surface area contributed by atoms with Crippen LogP contribution in [0.4, 0.5) is 0 Å². The third-order valence-electron chi connectivity index (χ3n) is 3.34. The van der Waals surface area contributed by atoms with Gasteiger partial charge in [-0.1, -0.05) is 32.4 Å². The van der Waals surface area contributed by atoms with Crippen LogP contribution in [0.1, 0.15) is 50.0 Å². The molecule has 1 N–H and O–H groups in total. The van der Waals surface area contributed by atoms with Crippen LogP contribution in [0.3, 0.4) is 0 Å². The van der Waals surface area contributed by atoms with Crippen molar-refractivity contribution in [3.05, 3.63) is 33.8 Å². The first-order valence-electron chi connectivity index (χ1n) is 5.46. The zero-order chi connectivity index (χ0) is 11.2. The van der Waals surface area contributed by atoms with Gasteiger partial charge in [0, 0.05) is 5.02 Å². The summed E-state index contributed by atoms with van der Waals surface area (Å²) in [6.45, 7) is 6.51. The van der Waals surface area contributed by atoms with Gasteiger partial charge in [0.05, 0.1) is 6.10 Å². The molecule has 0 aliphatic heterocycles. The molecule has 1 unspecified atom stereocenters. The third kappa shape index (κ3) is 1.68. The predicted molar refractivity (Wildman–Crippen MR) is 63.4 cm³/mol. The first-order chi connectivity index (χ1) is 6.95. The molecule has 1 aliphatic rings. The summed E-state index contributed by atoms with van der Waals surface area (Å²) in [5, 5.41) is 10.7. The highest BCUT2D eigenvalue weighted by Gasteiger charge is 2.37. The molecule has 0 fully saturated rings. The summed E-state index contributed by atoms with van der Waals surface area (Å²) in [6, 6.07) is 3.94. The molecule has 2 rings (SSSR count). The number of hydrogen-bond donors (Lipinski definition) is 1. The van der Waals surface area contributed by atoms with E-state index in [0.29, 0.717) is 0 Å². The van der Waals surface area contributed by atoms with E-state index in [1.165, 1.54) is 11.1 Å². The van der Waals surface area contributed by atoms with Crippen molar-refractivity contribution in [2.75, 3.05) is 0 Å². The summed E-state index contributed by atoms with van der Waals surface area (Å²) >= 11 is 6.05. The van der Waals surface area contributed by atoms with E-state index in [4.69, 9.17) is 11.6 Å². The predicted octanol–water partition coefficient (Wildman–Crippen LogP) is 3.62. The van der Waals surface area contributed by atoms with Crippen LogP contribution in [-0.2, 0) is 11.8 Å². The summed E-state index contributed by atoms with van der Waals surface area (Å²) in [5.41, 5.74) is 3.69. The molecule has 1 aromatic rings. The van der Waals surface area contributed by atoms with Crippen molar-refractivity contribution in [1.29, 1.82) is 0 Å². The van der Waals surface area contributed by atoms with Crippen molar-refractivity contribution >= 4 is 11.6 Å². The second-order valence-corrected chi connectivity index (χ2v) is 5.42. The normalized spacial score (nSPS) is 22.9.